The number of nitrogens with one attached hydrogen (secondary N) is 2. The molecule has 0 radical (unpaired) electrons. The Morgan fingerprint density at radius 1 is 1.60 bits per heavy atom. The molecule has 0 aliphatic rings. The first-order valence-electron chi connectivity index (χ1n) is 3.41. The van der Waals surface area contributed by atoms with E-state index in [1.165, 1.54) is 0 Å². The number of hydrogen-bond donors (Lipinski definition) is 3. The predicted molar refractivity (Wildman–Crippen MR) is 39.6 cm³/mol. The maximum Gasteiger partial charge on any atom is 0.102 e. The monoisotopic (exact) mass is 148 g/mol. The molecule has 4 nitrogen and oxygen atoms in total. The van der Waals surface area contributed by atoms with Crippen LogP contribution in [0.3, 0.4) is 0 Å². The first kappa shape index (κ1) is 9.84. The Morgan fingerprint density at radius 3 is 2.80 bits per heavy atom. The second kappa shape index (κ2) is 6.95. The van der Waals surface area contributed by atoms with Crippen molar-refractivity contribution in [1.82, 2.24) is 10.6 Å². The Hall–Kier alpha value is -0.160. The average Bonchev–Trinajstić information content (AvgIpc) is 1.87. The summed E-state index contributed by atoms with van der Waals surface area (Å²) in [6, 6.07) is 0. The number of ether oxygens (including phenoxy) is 1. The molecule has 0 rings (SSSR count). The zero-order chi connectivity index (χ0) is 7.82. The van der Waals surface area contributed by atoms with Crippen LogP contribution in [0, 0.1) is 0 Å². The molecule has 0 aliphatic carbocycles. The molecule has 62 valence electrons. The van der Waals surface area contributed by atoms with Crippen molar-refractivity contribution in [2.75, 3.05) is 26.9 Å². The topological polar surface area (TPSA) is 53.5 Å². The molecule has 0 spiro atoms. The van der Waals surface area contributed by atoms with Crippen molar-refractivity contribution in [3.05, 3.63) is 0 Å². The molecular formula is C6H16N2O2. The molecule has 0 heterocycles. The van der Waals surface area contributed by atoms with Crippen molar-refractivity contribution in [1.29, 1.82) is 0 Å². The van der Waals surface area contributed by atoms with E-state index in [-0.39, 0.29) is 0 Å². The lowest BCUT2D eigenvalue weighted by atomic mass is 10.6. The summed E-state index contributed by atoms with van der Waals surface area (Å²) in [4.78, 5) is 0. The van der Waals surface area contributed by atoms with Gasteiger partial charge in [-0.2, -0.15) is 0 Å². The van der Waals surface area contributed by atoms with Crippen LogP contribution in [0.1, 0.15) is 6.92 Å². The molecule has 0 aromatic rings. The Labute approximate surface area is 61.6 Å². The summed E-state index contributed by atoms with van der Waals surface area (Å²) in [7, 11) is 1.82. The average molecular weight is 148 g/mol. The van der Waals surface area contributed by atoms with Crippen LogP contribution >= 0.6 is 0 Å². The zero-order valence-corrected chi connectivity index (χ0v) is 6.55. The van der Waals surface area contributed by atoms with Crippen LogP contribution in [0.4, 0.5) is 0 Å². The highest BCUT2D eigenvalue weighted by Gasteiger charge is 1.90. The number of aliphatic hydroxyl groups is 1. The molecule has 0 saturated carbocycles. The van der Waals surface area contributed by atoms with Crippen molar-refractivity contribution in [3.8, 4) is 0 Å². The third-order valence-corrected chi connectivity index (χ3v) is 0.933. The molecule has 0 fully saturated rings. The van der Waals surface area contributed by atoms with Crippen LogP contribution in [0.25, 0.3) is 0 Å². The second-order valence-corrected chi connectivity index (χ2v) is 2.04. The van der Waals surface area contributed by atoms with Gasteiger partial charge >= 0.3 is 0 Å². The summed E-state index contributed by atoms with van der Waals surface area (Å²) in [6.07, 6.45) is -0.446. The molecule has 1 unspecified atom stereocenters. The van der Waals surface area contributed by atoms with Gasteiger partial charge < -0.3 is 9.84 Å². The van der Waals surface area contributed by atoms with Crippen molar-refractivity contribution >= 4 is 0 Å². The fourth-order valence-corrected chi connectivity index (χ4v) is 0.514. The molecule has 4 heteroatoms. The standard InChI is InChI=1S/C6H16N2O2/c1-6(9)8-3-4-10-5-7-2/h6-9H,3-5H2,1-2H3. The summed E-state index contributed by atoms with van der Waals surface area (Å²) in [5.74, 6) is 0. The van der Waals surface area contributed by atoms with Gasteiger partial charge in [0.25, 0.3) is 0 Å². The Balaban J connectivity index is 2.77. The third kappa shape index (κ3) is 7.84. The lowest BCUT2D eigenvalue weighted by Gasteiger charge is -2.06. The number of hydrogen-bond acceptors (Lipinski definition) is 4. The summed E-state index contributed by atoms with van der Waals surface area (Å²) in [5.41, 5.74) is 0. The van der Waals surface area contributed by atoms with E-state index in [1.54, 1.807) is 6.92 Å². The Kier molecular flexibility index (Phi) is 6.84. The largest absolute Gasteiger partial charge is 0.379 e. The Bertz CT molecular complexity index is 68.8. The molecule has 1 atom stereocenters. The van der Waals surface area contributed by atoms with Gasteiger partial charge in [-0.25, -0.2) is 0 Å². The van der Waals surface area contributed by atoms with Gasteiger partial charge in [-0.15, -0.1) is 0 Å². The molecule has 10 heavy (non-hydrogen) atoms. The van der Waals surface area contributed by atoms with Crippen molar-refractivity contribution in [2.45, 2.75) is 13.2 Å². The predicted octanol–water partition coefficient (Wildman–Crippen LogP) is -0.892. The van der Waals surface area contributed by atoms with Crippen molar-refractivity contribution in [3.63, 3.8) is 0 Å². The fraction of sp³-hybridized carbons (Fsp3) is 1.00. The smallest absolute Gasteiger partial charge is 0.102 e. The van der Waals surface area contributed by atoms with Gasteiger partial charge in [0, 0.05) is 6.54 Å². The van der Waals surface area contributed by atoms with Gasteiger partial charge in [0.1, 0.15) is 6.23 Å². The van der Waals surface area contributed by atoms with Gasteiger partial charge in [0.15, 0.2) is 0 Å². The zero-order valence-electron chi connectivity index (χ0n) is 6.55. The second-order valence-electron chi connectivity index (χ2n) is 2.04. The van der Waals surface area contributed by atoms with Crippen LogP contribution in [0.15, 0.2) is 0 Å². The van der Waals surface area contributed by atoms with Crippen LogP contribution in [-0.2, 0) is 4.74 Å². The van der Waals surface area contributed by atoms with Crippen LogP contribution in [-0.4, -0.2) is 38.3 Å². The highest BCUT2D eigenvalue weighted by molar-refractivity contribution is 4.43. The summed E-state index contributed by atoms with van der Waals surface area (Å²) in [6.45, 7) is 3.53. The number of rotatable bonds is 6. The maximum absolute atomic E-state index is 8.73. The highest BCUT2D eigenvalue weighted by atomic mass is 16.5. The minimum absolute atomic E-state index is 0.446. The van der Waals surface area contributed by atoms with Crippen molar-refractivity contribution < 1.29 is 9.84 Å². The molecule has 0 bridgehead atoms. The maximum atomic E-state index is 8.73. The van der Waals surface area contributed by atoms with E-state index in [2.05, 4.69) is 10.6 Å². The minimum atomic E-state index is -0.446. The third-order valence-electron chi connectivity index (χ3n) is 0.933. The van der Waals surface area contributed by atoms with Gasteiger partial charge in [0.05, 0.1) is 13.3 Å². The number of aliphatic hydroxyl groups excluding tert-OH is 1. The quantitative estimate of drug-likeness (QED) is 0.338. The molecule has 0 aromatic carbocycles. The van der Waals surface area contributed by atoms with E-state index in [4.69, 9.17) is 9.84 Å². The summed E-state index contributed by atoms with van der Waals surface area (Å²) in [5, 5.41) is 14.4. The summed E-state index contributed by atoms with van der Waals surface area (Å²) < 4.78 is 5.05. The molecule has 0 amide bonds. The van der Waals surface area contributed by atoms with Crippen LogP contribution < -0.4 is 10.6 Å². The van der Waals surface area contributed by atoms with E-state index >= 15 is 0 Å². The molecule has 3 N–H and O–H groups in total. The van der Waals surface area contributed by atoms with Gasteiger partial charge in [-0.05, 0) is 14.0 Å². The SMILES string of the molecule is CNCOCCNC(C)O. The van der Waals surface area contributed by atoms with E-state index in [1.807, 2.05) is 7.05 Å². The molecule has 0 aromatic heterocycles. The molecule has 0 saturated heterocycles. The minimum Gasteiger partial charge on any atom is -0.379 e. The molecule has 0 aliphatic heterocycles. The van der Waals surface area contributed by atoms with E-state index in [0.717, 1.165) is 0 Å². The van der Waals surface area contributed by atoms with E-state index < -0.39 is 6.23 Å². The van der Waals surface area contributed by atoms with Gasteiger partial charge in [-0.3, -0.25) is 10.6 Å². The van der Waals surface area contributed by atoms with E-state index in [0.29, 0.717) is 19.9 Å². The Morgan fingerprint density at radius 2 is 2.30 bits per heavy atom. The van der Waals surface area contributed by atoms with Crippen molar-refractivity contribution in [2.24, 2.45) is 0 Å². The summed E-state index contributed by atoms with van der Waals surface area (Å²) >= 11 is 0. The van der Waals surface area contributed by atoms with E-state index in [9.17, 15) is 0 Å². The first-order valence-corrected chi connectivity index (χ1v) is 3.41. The normalized spacial score (nSPS) is 13.5. The highest BCUT2D eigenvalue weighted by Crippen LogP contribution is 1.72. The lowest BCUT2D eigenvalue weighted by molar-refractivity contribution is 0.0997. The van der Waals surface area contributed by atoms with Crippen LogP contribution in [0.2, 0.25) is 0 Å². The van der Waals surface area contributed by atoms with Gasteiger partial charge in [-0.1, -0.05) is 0 Å². The van der Waals surface area contributed by atoms with Gasteiger partial charge in [0.2, 0.25) is 0 Å². The fourth-order valence-electron chi connectivity index (χ4n) is 0.514. The lowest BCUT2D eigenvalue weighted by Crippen LogP contribution is -2.29. The molecular weight excluding hydrogens is 132 g/mol. The van der Waals surface area contributed by atoms with Crippen LogP contribution in [0.5, 0.6) is 0 Å². The first-order chi connectivity index (χ1) is 4.77.